The van der Waals surface area contributed by atoms with Gasteiger partial charge >= 0.3 is 0 Å². The standard InChI is InChI=1S/C22H21BrFN3O2S/c1-4-28-18-9-16(21(24)19(10-18)29-14(2)3)12-27(22-26-20(23)13-30-22)17-7-5-15(11-25)6-8-17/h5-10,13-14H,4,12H2,1-3H3. The predicted octanol–water partition coefficient (Wildman–Crippen LogP) is 6.44. The van der Waals surface area contributed by atoms with Gasteiger partial charge in [0.05, 0.1) is 30.9 Å². The van der Waals surface area contributed by atoms with Crippen molar-refractivity contribution in [3.63, 3.8) is 0 Å². The molecule has 0 N–H and O–H groups in total. The second kappa shape index (κ2) is 9.92. The normalized spacial score (nSPS) is 10.7. The molecular formula is C22H21BrFN3O2S. The van der Waals surface area contributed by atoms with Crippen LogP contribution in [0.25, 0.3) is 0 Å². The number of ether oxygens (including phenoxy) is 2. The lowest BCUT2D eigenvalue weighted by molar-refractivity contribution is 0.228. The van der Waals surface area contributed by atoms with Gasteiger partial charge in [0.25, 0.3) is 0 Å². The fraction of sp³-hybridized carbons (Fsp3) is 0.273. The second-order valence-corrected chi connectivity index (χ2v) is 8.34. The molecule has 156 valence electrons. The van der Waals surface area contributed by atoms with Crippen LogP contribution in [0.4, 0.5) is 15.2 Å². The van der Waals surface area contributed by atoms with E-state index in [-0.39, 0.29) is 18.4 Å². The van der Waals surface area contributed by atoms with Crippen LogP contribution in [0.2, 0.25) is 0 Å². The Kier molecular flexibility index (Phi) is 7.29. The highest BCUT2D eigenvalue weighted by Gasteiger charge is 2.20. The summed E-state index contributed by atoms with van der Waals surface area (Å²) in [6, 6.07) is 12.5. The van der Waals surface area contributed by atoms with E-state index in [1.165, 1.54) is 11.3 Å². The summed E-state index contributed by atoms with van der Waals surface area (Å²) in [7, 11) is 0. The van der Waals surface area contributed by atoms with Crippen LogP contribution < -0.4 is 14.4 Å². The lowest BCUT2D eigenvalue weighted by Crippen LogP contribution is -2.18. The Balaban J connectivity index is 2.05. The molecule has 1 aromatic heterocycles. The van der Waals surface area contributed by atoms with Crippen molar-refractivity contribution in [2.24, 2.45) is 0 Å². The molecule has 0 spiro atoms. The minimum atomic E-state index is -0.429. The molecule has 0 saturated carbocycles. The zero-order chi connectivity index (χ0) is 21.7. The van der Waals surface area contributed by atoms with Gasteiger partial charge in [-0.05, 0) is 67.0 Å². The van der Waals surface area contributed by atoms with E-state index in [2.05, 4.69) is 27.0 Å². The molecule has 0 aliphatic heterocycles. The molecule has 8 heteroatoms. The first-order valence-corrected chi connectivity index (χ1v) is 11.1. The number of thiazole rings is 1. The highest BCUT2D eigenvalue weighted by Crippen LogP contribution is 2.35. The number of hydrogen-bond donors (Lipinski definition) is 0. The maximum Gasteiger partial charge on any atom is 0.191 e. The highest BCUT2D eigenvalue weighted by atomic mass is 79.9. The fourth-order valence-electron chi connectivity index (χ4n) is 2.86. The molecule has 0 fully saturated rings. The molecule has 0 aliphatic carbocycles. The second-order valence-electron chi connectivity index (χ2n) is 6.69. The summed E-state index contributed by atoms with van der Waals surface area (Å²) >= 11 is 4.82. The summed E-state index contributed by atoms with van der Waals surface area (Å²) in [4.78, 5) is 6.39. The van der Waals surface area contributed by atoms with Gasteiger partial charge in [0.15, 0.2) is 16.7 Å². The first-order valence-electron chi connectivity index (χ1n) is 9.41. The molecular weight excluding hydrogens is 469 g/mol. The van der Waals surface area contributed by atoms with Gasteiger partial charge < -0.3 is 14.4 Å². The van der Waals surface area contributed by atoms with Gasteiger partial charge in [0, 0.05) is 22.7 Å². The van der Waals surface area contributed by atoms with Crippen molar-refractivity contribution in [2.75, 3.05) is 11.5 Å². The largest absolute Gasteiger partial charge is 0.494 e. The highest BCUT2D eigenvalue weighted by molar-refractivity contribution is 9.10. The summed E-state index contributed by atoms with van der Waals surface area (Å²) in [5.74, 6) is 0.275. The van der Waals surface area contributed by atoms with Crippen LogP contribution in [0.5, 0.6) is 11.5 Å². The molecule has 3 rings (SSSR count). The minimum absolute atomic E-state index is 0.158. The molecule has 1 heterocycles. The van der Waals surface area contributed by atoms with Crippen LogP contribution in [0.1, 0.15) is 31.9 Å². The molecule has 0 unspecified atom stereocenters. The van der Waals surface area contributed by atoms with Crippen LogP contribution in [0, 0.1) is 17.1 Å². The van der Waals surface area contributed by atoms with E-state index < -0.39 is 5.82 Å². The Hall–Kier alpha value is -2.63. The summed E-state index contributed by atoms with van der Waals surface area (Å²) in [6.45, 7) is 6.26. The maximum atomic E-state index is 15.3. The van der Waals surface area contributed by atoms with Crippen molar-refractivity contribution < 1.29 is 13.9 Å². The summed E-state index contributed by atoms with van der Waals surface area (Å²) < 4.78 is 27.3. The van der Waals surface area contributed by atoms with Crippen LogP contribution in [-0.2, 0) is 6.54 Å². The topological polar surface area (TPSA) is 58.4 Å². The fourth-order valence-corrected chi connectivity index (χ4v) is 4.13. The first kappa shape index (κ1) is 22.1. The average molecular weight is 490 g/mol. The molecule has 0 saturated heterocycles. The van der Waals surface area contributed by atoms with Crippen molar-refractivity contribution in [2.45, 2.75) is 33.4 Å². The van der Waals surface area contributed by atoms with E-state index in [4.69, 9.17) is 14.7 Å². The number of halogens is 2. The third kappa shape index (κ3) is 5.29. The van der Waals surface area contributed by atoms with Crippen LogP contribution in [-0.4, -0.2) is 17.7 Å². The van der Waals surface area contributed by atoms with Gasteiger partial charge in [0.1, 0.15) is 10.4 Å². The van der Waals surface area contributed by atoms with E-state index >= 15 is 4.39 Å². The monoisotopic (exact) mass is 489 g/mol. The van der Waals surface area contributed by atoms with Gasteiger partial charge in [-0.25, -0.2) is 9.37 Å². The summed E-state index contributed by atoms with van der Waals surface area (Å²) in [5.41, 5.74) is 1.77. The van der Waals surface area contributed by atoms with Gasteiger partial charge in [-0.3, -0.25) is 0 Å². The zero-order valence-electron chi connectivity index (χ0n) is 16.9. The maximum absolute atomic E-state index is 15.3. The first-order chi connectivity index (χ1) is 14.4. The molecule has 2 aromatic carbocycles. The molecule has 0 bridgehead atoms. The quantitative estimate of drug-likeness (QED) is 0.364. The van der Waals surface area contributed by atoms with Gasteiger partial charge in [-0.15, -0.1) is 11.3 Å². The van der Waals surface area contributed by atoms with Crippen LogP contribution >= 0.6 is 27.3 Å². The predicted molar refractivity (Wildman–Crippen MR) is 120 cm³/mol. The lowest BCUT2D eigenvalue weighted by atomic mass is 10.1. The molecule has 0 amide bonds. The number of benzene rings is 2. The van der Waals surface area contributed by atoms with E-state index in [1.807, 2.05) is 43.2 Å². The van der Waals surface area contributed by atoms with Gasteiger partial charge in [0.2, 0.25) is 0 Å². The Morgan fingerprint density at radius 2 is 2.00 bits per heavy atom. The van der Waals surface area contributed by atoms with E-state index in [1.54, 1.807) is 24.3 Å². The number of nitrogens with zero attached hydrogens (tertiary/aromatic N) is 3. The molecule has 0 atom stereocenters. The SMILES string of the molecule is CCOc1cc(CN(c2ccc(C#N)cc2)c2nc(Br)cs2)c(F)c(OC(C)C)c1. The van der Waals surface area contributed by atoms with Gasteiger partial charge in [-0.1, -0.05) is 0 Å². The Bertz CT molecular complexity index is 1050. The van der Waals surface area contributed by atoms with E-state index in [0.717, 1.165) is 5.69 Å². The summed E-state index contributed by atoms with van der Waals surface area (Å²) in [5, 5.41) is 11.6. The van der Waals surface area contributed by atoms with Crippen molar-refractivity contribution in [1.29, 1.82) is 5.26 Å². The third-order valence-corrected chi connectivity index (χ3v) is 5.67. The molecule has 0 radical (unpaired) electrons. The average Bonchev–Trinajstić information content (AvgIpc) is 3.15. The summed E-state index contributed by atoms with van der Waals surface area (Å²) in [6.07, 6.45) is -0.172. The third-order valence-electron chi connectivity index (χ3n) is 4.09. The van der Waals surface area contributed by atoms with Crippen molar-refractivity contribution >= 4 is 38.1 Å². The van der Waals surface area contributed by atoms with Crippen molar-refractivity contribution in [3.8, 4) is 17.6 Å². The Labute approximate surface area is 187 Å². The number of aromatic nitrogens is 1. The number of rotatable bonds is 8. The molecule has 0 aliphatic rings. The minimum Gasteiger partial charge on any atom is -0.494 e. The molecule has 3 aromatic rings. The van der Waals surface area contributed by atoms with Gasteiger partial charge in [-0.2, -0.15) is 5.26 Å². The van der Waals surface area contributed by atoms with Crippen molar-refractivity contribution in [3.05, 3.63) is 63.3 Å². The van der Waals surface area contributed by atoms with E-state index in [0.29, 0.717) is 33.2 Å². The number of nitriles is 1. The van der Waals surface area contributed by atoms with Crippen molar-refractivity contribution in [1.82, 2.24) is 4.98 Å². The Morgan fingerprint density at radius 1 is 1.27 bits per heavy atom. The van der Waals surface area contributed by atoms with E-state index in [9.17, 15) is 0 Å². The molecule has 5 nitrogen and oxygen atoms in total. The molecule has 30 heavy (non-hydrogen) atoms. The zero-order valence-corrected chi connectivity index (χ0v) is 19.3. The number of hydrogen-bond acceptors (Lipinski definition) is 6. The number of anilines is 2. The lowest BCUT2D eigenvalue weighted by Gasteiger charge is -2.24. The van der Waals surface area contributed by atoms with Crippen LogP contribution in [0.3, 0.4) is 0 Å². The Morgan fingerprint density at radius 3 is 2.57 bits per heavy atom. The smallest absolute Gasteiger partial charge is 0.191 e. The van der Waals surface area contributed by atoms with Crippen LogP contribution in [0.15, 0.2) is 46.4 Å².